The molecule has 0 aromatic heterocycles. The summed E-state index contributed by atoms with van der Waals surface area (Å²) in [5.41, 5.74) is 0. The van der Waals surface area contributed by atoms with Crippen LogP contribution in [0, 0.1) is 23.2 Å². The van der Waals surface area contributed by atoms with Crippen molar-refractivity contribution in [3.8, 4) is 6.07 Å². The zero-order chi connectivity index (χ0) is 10.4. The molecule has 0 heterocycles. The van der Waals surface area contributed by atoms with Gasteiger partial charge in [-0.1, -0.05) is 19.1 Å². The lowest BCUT2D eigenvalue weighted by Gasteiger charge is -2.26. The Hall–Kier alpha value is -0.810. The Morgan fingerprint density at radius 1 is 1.50 bits per heavy atom. The second kappa shape index (κ2) is 5.82. The van der Waals surface area contributed by atoms with E-state index in [1.54, 1.807) is 0 Å². The van der Waals surface area contributed by atoms with Crippen LogP contribution in [0.3, 0.4) is 0 Å². The van der Waals surface area contributed by atoms with Crippen molar-refractivity contribution in [2.75, 3.05) is 6.61 Å². The molecule has 0 aromatic rings. The molecular weight excluding hydrogens is 174 g/mol. The fraction of sp³-hybridized carbons (Fsp3) is 0.750. The summed E-state index contributed by atoms with van der Waals surface area (Å²) in [6, 6.07) is 2.13. The third-order valence-electron chi connectivity index (χ3n) is 2.89. The molecule has 1 aliphatic rings. The van der Waals surface area contributed by atoms with E-state index >= 15 is 0 Å². The first-order valence-electron chi connectivity index (χ1n) is 5.37. The van der Waals surface area contributed by atoms with Crippen molar-refractivity contribution in [2.45, 2.75) is 39.2 Å². The second-order valence-corrected chi connectivity index (χ2v) is 4.19. The summed E-state index contributed by atoms with van der Waals surface area (Å²) in [5.74, 6) is 1.36. The molecular formula is C12H19NO. The first-order valence-corrected chi connectivity index (χ1v) is 5.37. The van der Waals surface area contributed by atoms with Gasteiger partial charge in [-0.05, 0) is 31.6 Å². The van der Waals surface area contributed by atoms with Gasteiger partial charge >= 0.3 is 0 Å². The van der Waals surface area contributed by atoms with Crippen LogP contribution in [0.4, 0.5) is 0 Å². The van der Waals surface area contributed by atoms with E-state index < -0.39 is 0 Å². The van der Waals surface area contributed by atoms with Crippen molar-refractivity contribution in [1.82, 2.24) is 0 Å². The Bertz CT molecular complexity index is 229. The second-order valence-electron chi connectivity index (χ2n) is 4.19. The minimum atomic E-state index is 0.0816. The van der Waals surface area contributed by atoms with E-state index in [-0.39, 0.29) is 6.10 Å². The van der Waals surface area contributed by atoms with Gasteiger partial charge in [0.25, 0.3) is 0 Å². The van der Waals surface area contributed by atoms with Crippen molar-refractivity contribution in [3.05, 3.63) is 12.2 Å². The number of ether oxygens (including phenoxy) is 1. The van der Waals surface area contributed by atoms with Gasteiger partial charge in [-0.2, -0.15) is 5.26 Å². The average Bonchev–Trinajstić information content (AvgIpc) is 2.17. The fourth-order valence-electron chi connectivity index (χ4n) is 1.71. The van der Waals surface area contributed by atoms with Gasteiger partial charge in [0.2, 0.25) is 0 Å². The van der Waals surface area contributed by atoms with Crippen LogP contribution in [0.15, 0.2) is 12.2 Å². The average molecular weight is 193 g/mol. The molecule has 0 aliphatic heterocycles. The van der Waals surface area contributed by atoms with Crippen molar-refractivity contribution >= 4 is 0 Å². The minimum absolute atomic E-state index is 0.0816. The van der Waals surface area contributed by atoms with Crippen molar-refractivity contribution in [3.63, 3.8) is 0 Å². The van der Waals surface area contributed by atoms with Gasteiger partial charge < -0.3 is 4.74 Å². The van der Waals surface area contributed by atoms with E-state index in [0.29, 0.717) is 18.3 Å². The van der Waals surface area contributed by atoms with Crippen LogP contribution in [0.1, 0.15) is 33.1 Å². The molecule has 0 amide bonds. The zero-order valence-corrected chi connectivity index (χ0v) is 9.07. The highest BCUT2D eigenvalue weighted by molar-refractivity contribution is 4.93. The molecule has 3 atom stereocenters. The molecule has 2 heteroatoms. The van der Waals surface area contributed by atoms with Crippen LogP contribution in [0.25, 0.3) is 0 Å². The molecule has 0 bridgehead atoms. The summed E-state index contributed by atoms with van der Waals surface area (Å²) < 4.78 is 5.64. The Morgan fingerprint density at radius 3 is 2.86 bits per heavy atom. The van der Waals surface area contributed by atoms with Crippen LogP contribution >= 0.6 is 0 Å². The van der Waals surface area contributed by atoms with E-state index in [4.69, 9.17) is 10.00 Å². The Kier molecular flexibility index (Phi) is 4.69. The third-order valence-corrected chi connectivity index (χ3v) is 2.89. The molecule has 0 aromatic carbocycles. The summed E-state index contributed by atoms with van der Waals surface area (Å²) in [4.78, 5) is 0. The molecule has 1 aliphatic carbocycles. The van der Waals surface area contributed by atoms with Crippen molar-refractivity contribution < 1.29 is 4.74 Å². The van der Waals surface area contributed by atoms with Crippen LogP contribution in [0.2, 0.25) is 0 Å². The lowest BCUT2D eigenvalue weighted by molar-refractivity contribution is 0.0292. The van der Waals surface area contributed by atoms with Crippen LogP contribution in [-0.2, 0) is 4.74 Å². The molecule has 1 rings (SSSR count). The maximum atomic E-state index is 8.48. The quantitative estimate of drug-likeness (QED) is 0.643. The van der Waals surface area contributed by atoms with Gasteiger partial charge in [0.05, 0.1) is 25.2 Å². The predicted molar refractivity (Wildman–Crippen MR) is 56.7 cm³/mol. The fourth-order valence-corrected chi connectivity index (χ4v) is 1.71. The predicted octanol–water partition coefficient (Wildman–Crippen LogP) is 2.91. The van der Waals surface area contributed by atoms with Crippen LogP contribution < -0.4 is 0 Å². The van der Waals surface area contributed by atoms with E-state index in [1.807, 2.05) is 6.92 Å². The molecule has 14 heavy (non-hydrogen) atoms. The summed E-state index contributed by atoms with van der Waals surface area (Å²) in [5, 5.41) is 8.48. The Balaban J connectivity index is 2.24. The van der Waals surface area contributed by atoms with Gasteiger partial charge in [-0.3, -0.25) is 0 Å². The molecule has 0 fully saturated rings. The first-order chi connectivity index (χ1) is 6.74. The number of nitrogens with zero attached hydrogens (tertiary/aromatic N) is 1. The molecule has 0 saturated carbocycles. The molecule has 0 saturated heterocycles. The van der Waals surface area contributed by atoms with Crippen LogP contribution in [-0.4, -0.2) is 12.7 Å². The third kappa shape index (κ3) is 3.51. The monoisotopic (exact) mass is 193 g/mol. The maximum absolute atomic E-state index is 8.48. The van der Waals surface area contributed by atoms with Crippen LogP contribution in [0.5, 0.6) is 0 Å². The number of rotatable bonds is 4. The van der Waals surface area contributed by atoms with Gasteiger partial charge in [-0.25, -0.2) is 0 Å². The highest BCUT2D eigenvalue weighted by Gasteiger charge is 2.19. The van der Waals surface area contributed by atoms with E-state index in [2.05, 4.69) is 25.1 Å². The smallest absolute Gasteiger partial charge is 0.0676 e. The molecule has 0 radical (unpaired) electrons. The number of allylic oxidation sites excluding steroid dienone is 2. The summed E-state index contributed by atoms with van der Waals surface area (Å²) in [6.45, 7) is 5.04. The highest BCUT2D eigenvalue weighted by Crippen LogP contribution is 2.25. The Morgan fingerprint density at radius 2 is 2.21 bits per heavy atom. The summed E-state index contributed by atoms with van der Waals surface area (Å²) in [6.07, 6.45) is 7.36. The number of nitriles is 1. The zero-order valence-electron chi connectivity index (χ0n) is 9.07. The van der Waals surface area contributed by atoms with E-state index in [9.17, 15) is 0 Å². The highest BCUT2D eigenvalue weighted by atomic mass is 16.5. The van der Waals surface area contributed by atoms with Crippen molar-refractivity contribution in [2.24, 2.45) is 11.8 Å². The van der Waals surface area contributed by atoms with Gasteiger partial charge in [0.1, 0.15) is 0 Å². The summed E-state index contributed by atoms with van der Waals surface area (Å²) >= 11 is 0. The minimum Gasteiger partial charge on any atom is -0.377 e. The van der Waals surface area contributed by atoms with E-state index in [0.717, 1.165) is 13.0 Å². The summed E-state index contributed by atoms with van der Waals surface area (Å²) in [7, 11) is 0. The molecule has 0 spiro atoms. The molecule has 78 valence electrons. The topological polar surface area (TPSA) is 33.0 Å². The number of hydrogen-bond acceptors (Lipinski definition) is 2. The maximum Gasteiger partial charge on any atom is 0.0676 e. The lowest BCUT2D eigenvalue weighted by Crippen LogP contribution is -2.22. The largest absolute Gasteiger partial charge is 0.377 e. The van der Waals surface area contributed by atoms with E-state index in [1.165, 1.54) is 6.42 Å². The standard InChI is InChI=1S/C12H19NO/c1-10-5-3-4-6-12(10)9-14-11(2)7-8-13/h3-4,10-12H,5-7,9H2,1-2H3. The number of hydrogen-bond donors (Lipinski definition) is 0. The Labute approximate surface area is 86.6 Å². The normalized spacial score (nSPS) is 28.4. The van der Waals surface area contributed by atoms with Gasteiger partial charge in [0, 0.05) is 0 Å². The molecule has 0 N–H and O–H groups in total. The molecule has 3 unspecified atom stereocenters. The first kappa shape index (κ1) is 11.3. The SMILES string of the molecule is CC(CC#N)OCC1CC=CCC1C. The van der Waals surface area contributed by atoms with Gasteiger partial charge in [0.15, 0.2) is 0 Å². The molecule has 2 nitrogen and oxygen atoms in total. The van der Waals surface area contributed by atoms with Crippen molar-refractivity contribution in [1.29, 1.82) is 5.26 Å². The lowest BCUT2D eigenvalue weighted by atomic mass is 9.85. The van der Waals surface area contributed by atoms with Gasteiger partial charge in [-0.15, -0.1) is 0 Å².